The van der Waals surface area contributed by atoms with E-state index in [9.17, 15) is 38.7 Å². The number of hydrogen-bond acceptors (Lipinski definition) is 8. The Balaban J connectivity index is 1.93. The third-order valence-corrected chi connectivity index (χ3v) is 10.1. The summed E-state index contributed by atoms with van der Waals surface area (Å²) in [6.07, 6.45) is 2.70. The molecule has 0 heterocycles. The smallest absolute Gasteiger partial charge is 0.350 e. The van der Waals surface area contributed by atoms with Gasteiger partial charge in [-0.15, -0.1) is 0 Å². The summed E-state index contributed by atoms with van der Waals surface area (Å²) in [7, 11) is -8.89. The Bertz CT molecular complexity index is 1160. The molecule has 6 N–H and O–H groups in total. The van der Waals surface area contributed by atoms with E-state index in [0.717, 1.165) is 12.8 Å². The maximum atomic E-state index is 13.1. The third kappa shape index (κ3) is 10.7. The van der Waals surface area contributed by atoms with Crippen molar-refractivity contribution in [3.05, 3.63) is 71.8 Å². The fourth-order valence-corrected chi connectivity index (χ4v) is 7.52. The number of aliphatic carboxylic acids is 2. The number of benzene rings is 2. The van der Waals surface area contributed by atoms with Crippen LogP contribution in [0.3, 0.4) is 0 Å². The van der Waals surface area contributed by atoms with Gasteiger partial charge in [-0.25, -0.2) is 9.59 Å². The summed E-state index contributed by atoms with van der Waals surface area (Å²) in [5.41, 5.74) is -2.75. The van der Waals surface area contributed by atoms with Crippen molar-refractivity contribution in [1.82, 2.24) is 10.6 Å². The van der Waals surface area contributed by atoms with Crippen molar-refractivity contribution in [3.8, 4) is 0 Å². The van der Waals surface area contributed by atoms with Crippen molar-refractivity contribution in [2.24, 2.45) is 0 Å². The fourth-order valence-electron chi connectivity index (χ4n) is 4.03. The van der Waals surface area contributed by atoms with Gasteiger partial charge in [0.1, 0.15) is 11.6 Å². The molecule has 0 aliphatic rings. The van der Waals surface area contributed by atoms with Crippen LogP contribution in [0.5, 0.6) is 0 Å². The second kappa shape index (κ2) is 15.4. The molecule has 234 valence electrons. The van der Waals surface area contributed by atoms with Gasteiger partial charge in [-0.05, 0) is 64.8 Å². The van der Waals surface area contributed by atoms with Crippen LogP contribution in [0.25, 0.3) is 0 Å². The topological polar surface area (TPSA) is 192 Å². The number of carboxylic acids is 2. The van der Waals surface area contributed by atoms with Crippen molar-refractivity contribution in [1.29, 1.82) is 0 Å². The lowest BCUT2D eigenvalue weighted by Gasteiger charge is -2.30. The highest BCUT2D eigenvalue weighted by Gasteiger charge is 2.43. The van der Waals surface area contributed by atoms with E-state index in [-0.39, 0.29) is 0 Å². The van der Waals surface area contributed by atoms with Crippen molar-refractivity contribution in [3.63, 3.8) is 0 Å². The second-order valence-electron chi connectivity index (χ2n) is 10.9. The van der Waals surface area contributed by atoms with Crippen LogP contribution in [0.4, 0.5) is 0 Å². The SMILES string of the molecule is CC(C)(OP(=O)(O)C(NCCCCCCNC(c1ccccc1)P(=O)(O)OC(C)(C)C(=O)O)c1ccccc1)C(=O)O. The maximum absolute atomic E-state index is 13.1. The Morgan fingerprint density at radius 3 is 1.26 bits per heavy atom. The average Bonchev–Trinajstić information content (AvgIpc) is 2.89. The molecule has 0 bridgehead atoms. The molecule has 0 aliphatic heterocycles. The normalized spacial score (nSPS) is 16.6. The van der Waals surface area contributed by atoms with Crippen LogP contribution in [0.1, 0.15) is 76.1 Å². The molecule has 42 heavy (non-hydrogen) atoms. The van der Waals surface area contributed by atoms with E-state index < -0.39 is 49.9 Å². The quantitative estimate of drug-likeness (QED) is 0.0876. The summed E-state index contributed by atoms with van der Waals surface area (Å²) in [5.74, 6) is -4.97. The first-order chi connectivity index (χ1) is 19.5. The first-order valence-corrected chi connectivity index (χ1v) is 16.9. The van der Waals surface area contributed by atoms with Crippen molar-refractivity contribution >= 4 is 27.1 Å². The third-order valence-electron chi connectivity index (χ3n) is 6.41. The summed E-state index contributed by atoms with van der Waals surface area (Å²) < 4.78 is 36.7. The minimum Gasteiger partial charge on any atom is -0.479 e. The molecule has 2 rings (SSSR count). The van der Waals surface area contributed by atoms with Gasteiger partial charge in [0.2, 0.25) is 0 Å². The molecule has 0 amide bonds. The predicted octanol–water partition coefficient (Wildman–Crippen LogP) is 5.25. The van der Waals surface area contributed by atoms with E-state index in [1.807, 2.05) is 0 Å². The Morgan fingerprint density at radius 2 is 0.976 bits per heavy atom. The van der Waals surface area contributed by atoms with Gasteiger partial charge in [0.15, 0.2) is 11.2 Å². The largest absolute Gasteiger partial charge is 0.479 e. The first-order valence-electron chi connectivity index (χ1n) is 13.6. The zero-order valence-electron chi connectivity index (χ0n) is 24.3. The monoisotopic (exact) mass is 628 g/mol. The van der Waals surface area contributed by atoms with E-state index in [4.69, 9.17) is 9.05 Å². The summed E-state index contributed by atoms with van der Waals surface area (Å²) >= 11 is 0. The van der Waals surface area contributed by atoms with E-state index >= 15 is 0 Å². The van der Waals surface area contributed by atoms with Crippen LogP contribution >= 0.6 is 15.2 Å². The van der Waals surface area contributed by atoms with Gasteiger partial charge >= 0.3 is 27.1 Å². The molecule has 12 nitrogen and oxygen atoms in total. The maximum Gasteiger partial charge on any atom is 0.350 e. The number of carbonyl (C=O) groups is 2. The number of nitrogens with one attached hydrogen (secondary N) is 2. The molecular formula is C28H42N2O10P2. The first kappa shape index (κ1) is 35.8. The summed E-state index contributed by atoms with van der Waals surface area (Å²) in [4.78, 5) is 44.4. The molecule has 4 unspecified atom stereocenters. The molecule has 14 heteroatoms. The molecule has 0 fully saturated rings. The lowest BCUT2D eigenvalue weighted by Crippen LogP contribution is -2.36. The number of unbranched alkanes of at least 4 members (excludes halogenated alkanes) is 3. The second-order valence-corrected chi connectivity index (χ2v) is 14.5. The highest BCUT2D eigenvalue weighted by Crippen LogP contribution is 2.58. The minimum absolute atomic E-state index is 0.352. The number of hydrogen-bond donors (Lipinski definition) is 6. The van der Waals surface area contributed by atoms with E-state index in [2.05, 4.69) is 10.6 Å². The van der Waals surface area contributed by atoms with Crippen LogP contribution in [0, 0.1) is 0 Å². The highest BCUT2D eigenvalue weighted by molar-refractivity contribution is 7.53. The van der Waals surface area contributed by atoms with Crippen LogP contribution in [-0.2, 0) is 27.8 Å². The zero-order chi connectivity index (χ0) is 31.6. The molecule has 0 saturated heterocycles. The molecule has 0 aromatic heterocycles. The van der Waals surface area contributed by atoms with Gasteiger partial charge in [0, 0.05) is 0 Å². The Labute approximate surface area is 246 Å². The lowest BCUT2D eigenvalue weighted by atomic mass is 10.1. The van der Waals surface area contributed by atoms with Gasteiger partial charge in [0.05, 0.1) is 0 Å². The molecule has 2 aromatic carbocycles. The highest BCUT2D eigenvalue weighted by atomic mass is 31.2. The Morgan fingerprint density at radius 1 is 0.667 bits per heavy atom. The van der Waals surface area contributed by atoms with Gasteiger partial charge in [0.25, 0.3) is 0 Å². The summed E-state index contributed by atoms with van der Waals surface area (Å²) in [6.45, 7) is 5.56. The van der Waals surface area contributed by atoms with Gasteiger partial charge in [-0.3, -0.25) is 28.8 Å². The Hall–Kier alpha value is -2.40. The van der Waals surface area contributed by atoms with Gasteiger partial charge in [-0.2, -0.15) is 0 Å². The molecule has 0 radical (unpaired) electrons. The molecule has 0 spiro atoms. The molecule has 4 atom stereocenters. The van der Waals surface area contributed by atoms with E-state index in [0.29, 0.717) is 37.1 Å². The van der Waals surface area contributed by atoms with Crippen LogP contribution in [0.15, 0.2) is 60.7 Å². The predicted molar refractivity (Wildman–Crippen MR) is 158 cm³/mol. The number of carboxylic acid groups (broad SMARTS) is 2. The molecule has 2 aromatic rings. The minimum atomic E-state index is -4.44. The average molecular weight is 629 g/mol. The van der Waals surface area contributed by atoms with Crippen molar-refractivity contribution in [2.75, 3.05) is 13.1 Å². The molecular weight excluding hydrogens is 586 g/mol. The van der Waals surface area contributed by atoms with Crippen LogP contribution in [-0.4, -0.2) is 56.2 Å². The van der Waals surface area contributed by atoms with Crippen LogP contribution < -0.4 is 10.6 Å². The summed E-state index contributed by atoms with van der Waals surface area (Å²) in [5, 5.41) is 24.8. The summed E-state index contributed by atoms with van der Waals surface area (Å²) in [6, 6.07) is 17.0. The van der Waals surface area contributed by atoms with Gasteiger partial charge in [-0.1, -0.05) is 73.5 Å². The Kier molecular flexibility index (Phi) is 13.1. The molecule has 0 aliphatic carbocycles. The standard InChI is InChI=1S/C28H42N2O10P2/c1-27(2,25(31)32)39-41(35,36)23(21-15-9-7-10-16-21)29-19-13-5-6-14-20-30-24(22-17-11-8-12-18-22)42(37,38)40-28(3,4)26(33)34/h7-12,15-18,23-24,29-30H,5-6,13-14,19-20H2,1-4H3,(H,31,32)(H,33,34)(H,35,36)(H,37,38). The van der Waals surface area contributed by atoms with Crippen LogP contribution in [0.2, 0.25) is 0 Å². The fraction of sp³-hybridized carbons (Fsp3) is 0.500. The van der Waals surface area contributed by atoms with E-state index in [1.54, 1.807) is 60.7 Å². The van der Waals surface area contributed by atoms with Crippen molar-refractivity contribution in [2.45, 2.75) is 76.1 Å². The molecule has 0 saturated carbocycles. The zero-order valence-corrected chi connectivity index (χ0v) is 26.1. The van der Waals surface area contributed by atoms with Crippen molar-refractivity contribution < 1.29 is 47.8 Å². The number of rotatable bonds is 19. The van der Waals surface area contributed by atoms with E-state index in [1.165, 1.54) is 27.7 Å². The van der Waals surface area contributed by atoms with Gasteiger partial charge < -0.3 is 20.0 Å². The lowest BCUT2D eigenvalue weighted by molar-refractivity contribution is -0.153.